The molecule has 158 valence electrons. The second-order valence-corrected chi connectivity index (χ2v) is 9.39. The SMILES string of the molecule is CC(CCc1ccco1)NC(=O)NCc1ccc(S(=O)(=O)N2CCCCC2)cc1. The summed E-state index contributed by atoms with van der Waals surface area (Å²) in [5, 5.41) is 5.71. The Balaban J connectivity index is 1.45. The van der Waals surface area contributed by atoms with Crippen molar-refractivity contribution >= 4 is 16.1 Å². The molecule has 0 radical (unpaired) electrons. The Kier molecular flexibility index (Phi) is 7.33. The van der Waals surface area contributed by atoms with Crippen LogP contribution in [0.3, 0.4) is 0 Å². The third-order valence-corrected chi connectivity index (χ3v) is 7.02. The van der Waals surface area contributed by atoms with Crippen molar-refractivity contribution in [1.82, 2.24) is 14.9 Å². The Bertz CT molecular complexity index is 873. The Hall–Kier alpha value is -2.32. The van der Waals surface area contributed by atoms with Crippen LogP contribution < -0.4 is 10.6 Å². The molecule has 1 aliphatic rings. The van der Waals surface area contributed by atoms with Crippen LogP contribution in [0.25, 0.3) is 0 Å². The van der Waals surface area contributed by atoms with Crippen molar-refractivity contribution in [3.63, 3.8) is 0 Å². The maximum Gasteiger partial charge on any atom is 0.315 e. The Morgan fingerprint density at radius 1 is 1.14 bits per heavy atom. The van der Waals surface area contributed by atoms with E-state index in [4.69, 9.17) is 4.42 Å². The number of urea groups is 1. The molecule has 0 bridgehead atoms. The zero-order chi connectivity index (χ0) is 20.7. The van der Waals surface area contributed by atoms with E-state index in [2.05, 4.69) is 10.6 Å². The van der Waals surface area contributed by atoms with Gasteiger partial charge in [0, 0.05) is 32.1 Å². The first-order chi connectivity index (χ1) is 13.9. The molecular weight excluding hydrogens is 390 g/mol. The summed E-state index contributed by atoms with van der Waals surface area (Å²) in [6.45, 7) is 3.46. The largest absolute Gasteiger partial charge is 0.469 e. The molecule has 29 heavy (non-hydrogen) atoms. The number of aryl methyl sites for hydroxylation is 1. The maximum absolute atomic E-state index is 12.7. The molecule has 1 atom stereocenters. The smallest absolute Gasteiger partial charge is 0.315 e. The summed E-state index contributed by atoms with van der Waals surface area (Å²) in [7, 11) is -3.43. The zero-order valence-electron chi connectivity index (χ0n) is 16.8. The van der Waals surface area contributed by atoms with Gasteiger partial charge in [-0.1, -0.05) is 18.6 Å². The number of carbonyl (C=O) groups excluding carboxylic acids is 1. The summed E-state index contributed by atoms with van der Waals surface area (Å²) in [5.41, 5.74) is 0.848. The number of rotatable bonds is 8. The van der Waals surface area contributed by atoms with Gasteiger partial charge >= 0.3 is 6.03 Å². The lowest BCUT2D eigenvalue weighted by molar-refractivity contribution is 0.236. The van der Waals surface area contributed by atoms with E-state index in [1.807, 2.05) is 19.1 Å². The van der Waals surface area contributed by atoms with Gasteiger partial charge in [-0.2, -0.15) is 4.31 Å². The number of nitrogens with one attached hydrogen (secondary N) is 2. The van der Waals surface area contributed by atoms with Crippen molar-refractivity contribution in [2.75, 3.05) is 13.1 Å². The quantitative estimate of drug-likeness (QED) is 0.687. The minimum absolute atomic E-state index is 0.0113. The number of benzene rings is 1. The molecule has 1 aromatic carbocycles. The van der Waals surface area contributed by atoms with Crippen LogP contribution in [0.5, 0.6) is 0 Å². The first kappa shape index (κ1) is 21.4. The molecule has 2 amide bonds. The molecule has 0 aliphatic carbocycles. The van der Waals surface area contributed by atoms with E-state index in [9.17, 15) is 13.2 Å². The summed E-state index contributed by atoms with van der Waals surface area (Å²) in [6, 6.07) is 10.3. The highest BCUT2D eigenvalue weighted by molar-refractivity contribution is 7.89. The molecular formula is C21H29N3O4S. The van der Waals surface area contributed by atoms with Crippen molar-refractivity contribution in [1.29, 1.82) is 0 Å². The van der Waals surface area contributed by atoms with Gasteiger partial charge in [0.05, 0.1) is 11.2 Å². The zero-order valence-corrected chi connectivity index (χ0v) is 17.6. The average Bonchev–Trinajstić information content (AvgIpc) is 3.25. The van der Waals surface area contributed by atoms with E-state index in [0.717, 1.165) is 43.4 Å². The molecule has 2 N–H and O–H groups in total. The Morgan fingerprint density at radius 3 is 2.52 bits per heavy atom. The van der Waals surface area contributed by atoms with E-state index in [1.54, 1.807) is 34.8 Å². The standard InChI is InChI=1S/C21H29N3O4S/c1-17(7-10-19-6-5-15-28-19)23-21(25)22-16-18-8-11-20(12-9-18)29(26,27)24-13-3-2-4-14-24/h5-6,8-9,11-12,15,17H,2-4,7,10,13-14,16H2,1H3,(H2,22,23,25). The molecule has 1 saturated heterocycles. The molecule has 1 fully saturated rings. The van der Waals surface area contributed by atoms with E-state index in [1.165, 1.54) is 0 Å². The number of furan rings is 1. The predicted molar refractivity (Wildman–Crippen MR) is 111 cm³/mol. The normalized spacial score (nSPS) is 16.3. The summed E-state index contributed by atoms with van der Waals surface area (Å²) in [5.74, 6) is 0.902. The summed E-state index contributed by atoms with van der Waals surface area (Å²) >= 11 is 0. The molecule has 8 heteroatoms. The fourth-order valence-electron chi connectivity index (χ4n) is 3.38. The Labute approximate surface area is 172 Å². The van der Waals surface area contributed by atoms with Crippen LogP contribution in [0.1, 0.15) is 43.9 Å². The molecule has 7 nitrogen and oxygen atoms in total. The monoisotopic (exact) mass is 419 g/mol. The second-order valence-electron chi connectivity index (χ2n) is 7.45. The molecule has 0 saturated carbocycles. The molecule has 0 spiro atoms. The first-order valence-corrected chi connectivity index (χ1v) is 11.5. The van der Waals surface area contributed by atoms with E-state index in [0.29, 0.717) is 24.5 Å². The lowest BCUT2D eigenvalue weighted by Gasteiger charge is -2.25. The highest BCUT2D eigenvalue weighted by Gasteiger charge is 2.25. The summed E-state index contributed by atoms with van der Waals surface area (Å²) in [4.78, 5) is 12.4. The first-order valence-electron chi connectivity index (χ1n) is 10.1. The van der Waals surface area contributed by atoms with Crippen LogP contribution >= 0.6 is 0 Å². The number of sulfonamides is 1. The van der Waals surface area contributed by atoms with Crippen molar-refractivity contribution in [3.05, 3.63) is 54.0 Å². The average molecular weight is 420 g/mol. The van der Waals surface area contributed by atoms with Crippen LogP contribution in [-0.2, 0) is 23.0 Å². The van der Waals surface area contributed by atoms with Crippen LogP contribution in [0.4, 0.5) is 4.79 Å². The molecule has 1 aliphatic heterocycles. The van der Waals surface area contributed by atoms with Crippen molar-refractivity contribution in [2.24, 2.45) is 0 Å². The van der Waals surface area contributed by atoms with E-state index >= 15 is 0 Å². The molecule has 3 rings (SSSR count). The van der Waals surface area contributed by atoms with Crippen molar-refractivity contribution < 1.29 is 17.6 Å². The van der Waals surface area contributed by atoms with Crippen molar-refractivity contribution in [2.45, 2.75) is 56.5 Å². The molecule has 1 aromatic heterocycles. The number of amides is 2. The fraction of sp³-hybridized carbons (Fsp3) is 0.476. The van der Waals surface area contributed by atoms with Gasteiger partial charge in [-0.05, 0) is 56.0 Å². The topological polar surface area (TPSA) is 91.6 Å². The van der Waals surface area contributed by atoms with Crippen molar-refractivity contribution in [3.8, 4) is 0 Å². The molecule has 2 aromatic rings. The van der Waals surface area contributed by atoms with E-state index < -0.39 is 10.0 Å². The maximum atomic E-state index is 12.7. The highest BCUT2D eigenvalue weighted by atomic mass is 32.2. The Morgan fingerprint density at radius 2 is 1.86 bits per heavy atom. The van der Waals surface area contributed by atoms with Gasteiger partial charge in [-0.3, -0.25) is 0 Å². The van der Waals surface area contributed by atoms with Gasteiger partial charge in [-0.15, -0.1) is 0 Å². The van der Waals surface area contributed by atoms with Gasteiger partial charge in [-0.25, -0.2) is 13.2 Å². The van der Waals surface area contributed by atoms with Gasteiger partial charge in [0.2, 0.25) is 10.0 Å². The van der Waals surface area contributed by atoms with Gasteiger partial charge in [0.15, 0.2) is 0 Å². The van der Waals surface area contributed by atoms with Crippen LogP contribution in [0.2, 0.25) is 0 Å². The van der Waals surface area contributed by atoms with Gasteiger partial charge < -0.3 is 15.1 Å². The third-order valence-electron chi connectivity index (χ3n) is 5.11. The minimum Gasteiger partial charge on any atom is -0.469 e. The minimum atomic E-state index is -3.43. The third kappa shape index (κ3) is 6.08. The summed E-state index contributed by atoms with van der Waals surface area (Å²) < 4.78 is 32.2. The predicted octanol–water partition coefficient (Wildman–Crippen LogP) is 3.27. The van der Waals surface area contributed by atoms with Crippen LogP contribution in [0, 0.1) is 0 Å². The molecule has 2 heterocycles. The lowest BCUT2D eigenvalue weighted by atomic mass is 10.1. The number of nitrogens with zero attached hydrogens (tertiary/aromatic N) is 1. The number of piperidine rings is 1. The highest BCUT2D eigenvalue weighted by Crippen LogP contribution is 2.20. The van der Waals surface area contributed by atoms with E-state index in [-0.39, 0.29) is 12.1 Å². The number of hydrogen-bond acceptors (Lipinski definition) is 4. The lowest BCUT2D eigenvalue weighted by Crippen LogP contribution is -2.40. The number of hydrogen-bond donors (Lipinski definition) is 2. The second kappa shape index (κ2) is 9.93. The van der Waals surface area contributed by atoms with Gasteiger partial charge in [0.1, 0.15) is 5.76 Å². The molecule has 1 unspecified atom stereocenters. The summed E-state index contributed by atoms with van der Waals surface area (Å²) in [6.07, 6.45) is 6.10. The number of carbonyl (C=O) groups is 1. The van der Waals surface area contributed by atoms with Gasteiger partial charge in [0.25, 0.3) is 0 Å². The van der Waals surface area contributed by atoms with Crippen LogP contribution in [-0.4, -0.2) is 37.9 Å². The fourth-order valence-corrected chi connectivity index (χ4v) is 4.89. The van der Waals surface area contributed by atoms with Crippen LogP contribution in [0.15, 0.2) is 52.0 Å².